The highest BCUT2D eigenvalue weighted by atomic mass is 14.9. The van der Waals surface area contributed by atoms with Crippen molar-refractivity contribution in [3.63, 3.8) is 0 Å². The fourth-order valence-corrected chi connectivity index (χ4v) is 1.29. The van der Waals surface area contributed by atoms with Gasteiger partial charge in [0.1, 0.15) is 13.6 Å². The second-order valence-corrected chi connectivity index (χ2v) is 3.74. The Morgan fingerprint density at radius 1 is 1.27 bits per heavy atom. The van der Waals surface area contributed by atoms with Crippen molar-refractivity contribution in [3.8, 4) is 0 Å². The summed E-state index contributed by atoms with van der Waals surface area (Å²) in [5.41, 5.74) is 2.27. The number of rotatable bonds is 4. The van der Waals surface area contributed by atoms with Crippen LogP contribution in [0.15, 0.2) is 29.3 Å². The highest BCUT2D eigenvalue weighted by molar-refractivity contribution is 6.14. The van der Waals surface area contributed by atoms with Crippen LogP contribution in [0.2, 0.25) is 0 Å². The van der Waals surface area contributed by atoms with Gasteiger partial charge >= 0.3 is 0 Å². The lowest BCUT2D eigenvalue weighted by Gasteiger charge is -1.93. The molecule has 0 bridgehead atoms. The SMILES string of the molecule is CCC[N+](C)=CC=Nc1ccc(C)cc1. The first-order chi connectivity index (χ1) is 7.22. The van der Waals surface area contributed by atoms with E-state index in [0.717, 1.165) is 18.7 Å². The molecule has 0 atom stereocenters. The molecule has 2 nitrogen and oxygen atoms in total. The molecular weight excluding hydrogens is 184 g/mol. The van der Waals surface area contributed by atoms with E-state index in [9.17, 15) is 0 Å². The van der Waals surface area contributed by atoms with Gasteiger partial charge < -0.3 is 0 Å². The monoisotopic (exact) mass is 203 g/mol. The Kier molecular flexibility index (Phi) is 4.75. The van der Waals surface area contributed by atoms with E-state index in [-0.39, 0.29) is 0 Å². The topological polar surface area (TPSA) is 15.4 Å². The van der Waals surface area contributed by atoms with Crippen LogP contribution < -0.4 is 0 Å². The van der Waals surface area contributed by atoms with E-state index < -0.39 is 0 Å². The van der Waals surface area contributed by atoms with Gasteiger partial charge in [-0.15, -0.1) is 0 Å². The van der Waals surface area contributed by atoms with E-state index >= 15 is 0 Å². The molecule has 0 heterocycles. The van der Waals surface area contributed by atoms with Crippen molar-refractivity contribution in [2.45, 2.75) is 20.3 Å². The number of aryl methyl sites for hydroxylation is 1. The number of hydrogen-bond acceptors (Lipinski definition) is 1. The lowest BCUT2D eigenvalue weighted by Crippen LogP contribution is -2.08. The summed E-state index contributed by atoms with van der Waals surface area (Å²) in [6.07, 6.45) is 5.01. The number of hydrogen-bond donors (Lipinski definition) is 0. The van der Waals surface area contributed by atoms with E-state index in [1.54, 1.807) is 0 Å². The second-order valence-electron chi connectivity index (χ2n) is 3.74. The van der Waals surface area contributed by atoms with Crippen LogP contribution in [-0.2, 0) is 0 Å². The Morgan fingerprint density at radius 2 is 1.93 bits per heavy atom. The lowest BCUT2D eigenvalue weighted by atomic mass is 10.2. The molecule has 0 amide bonds. The molecule has 0 fully saturated rings. The molecule has 80 valence electrons. The van der Waals surface area contributed by atoms with Gasteiger partial charge in [-0.25, -0.2) is 4.58 Å². The Bertz CT molecular complexity index is 347. The van der Waals surface area contributed by atoms with Crippen LogP contribution in [0.1, 0.15) is 18.9 Å². The maximum atomic E-state index is 4.35. The summed E-state index contributed by atoms with van der Waals surface area (Å²) in [6, 6.07) is 8.20. The van der Waals surface area contributed by atoms with Crippen LogP contribution in [0.4, 0.5) is 5.69 Å². The third-order valence-corrected chi connectivity index (χ3v) is 2.16. The number of nitrogens with zero attached hydrogens (tertiary/aromatic N) is 2. The highest BCUT2D eigenvalue weighted by Gasteiger charge is 1.90. The minimum atomic E-state index is 1.00. The van der Waals surface area contributed by atoms with Gasteiger partial charge in [0, 0.05) is 6.42 Å². The molecule has 0 saturated carbocycles. The van der Waals surface area contributed by atoms with E-state index in [0.29, 0.717) is 0 Å². The van der Waals surface area contributed by atoms with Crippen molar-refractivity contribution in [2.24, 2.45) is 4.99 Å². The first kappa shape index (κ1) is 11.6. The van der Waals surface area contributed by atoms with Crippen LogP contribution in [0.3, 0.4) is 0 Å². The third-order valence-electron chi connectivity index (χ3n) is 2.16. The second kappa shape index (κ2) is 6.12. The number of benzene rings is 1. The summed E-state index contributed by atoms with van der Waals surface area (Å²) in [7, 11) is 2.06. The Labute approximate surface area is 92.0 Å². The Balaban J connectivity index is 2.58. The van der Waals surface area contributed by atoms with E-state index in [4.69, 9.17) is 0 Å². The maximum absolute atomic E-state index is 4.35. The predicted octanol–water partition coefficient (Wildman–Crippen LogP) is 2.82. The average Bonchev–Trinajstić information content (AvgIpc) is 2.21. The van der Waals surface area contributed by atoms with Crippen LogP contribution in [-0.4, -0.2) is 30.6 Å². The first-order valence-electron chi connectivity index (χ1n) is 5.37. The quantitative estimate of drug-likeness (QED) is 0.528. The van der Waals surface area contributed by atoms with Gasteiger partial charge in [-0.1, -0.05) is 24.6 Å². The molecule has 2 heteroatoms. The summed E-state index contributed by atoms with van der Waals surface area (Å²) in [4.78, 5) is 4.35. The van der Waals surface area contributed by atoms with E-state index in [1.807, 2.05) is 24.6 Å². The average molecular weight is 203 g/mol. The minimum Gasteiger partial charge on any atom is -0.251 e. The maximum Gasteiger partial charge on any atom is 0.181 e. The molecule has 0 spiro atoms. The summed E-state index contributed by atoms with van der Waals surface area (Å²) in [6.45, 7) is 5.32. The molecule has 1 rings (SSSR count). The molecule has 0 aliphatic carbocycles. The standard InChI is InChI=1S/C13H19N2/c1-4-10-15(3)11-9-14-13-7-5-12(2)6-8-13/h5-9,11H,4,10H2,1-3H3/q+1. The van der Waals surface area contributed by atoms with Crippen molar-refractivity contribution in [1.29, 1.82) is 0 Å². The van der Waals surface area contributed by atoms with Crippen LogP contribution >= 0.6 is 0 Å². The largest absolute Gasteiger partial charge is 0.251 e. The molecule has 0 aromatic heterocycles. The zero-order valence-corrected chi connectivity index (χ0v) is 9.77. The first-order valence-corrected chi connectivity index (χ1v) is 5.37. The van der Waals surface area contributed by atoms with Gasteiger partial charge in [0.15, 0.2) is 6.21 Å². The van der Waals surface area contributed by atoms with Crippen molar-refractivity contribution in [1.82, 2.24) is 0 Å². The van der Waals surface area contributed by atoms with E-state index in [1.165, 1.54) is 5.56 Å². The van der Waals surface area contributed by atoms with E-state index in [2.05, 4.69) is 42.6 Å². The van der Waals surface area contributed by atoms with Crippen LogP contribution in [0, 0.1) is 6.92 Å². The van der Waals surface area contributed by atoms with Crippen molar-refractivity contribution < 1.29 is 4.58 Å². The summed E-state index contributed by atoms with van der Waals surface area (Å²) < 4.78 is 2.14. The zero-order chi connectivity index (χ0) is 11.1. The van der Waals surface area contributed by atoms with Crippen LogP contribution in [0.25, 0.3) is 0 Å². The van der Waals surface area contributed by atoms with Gasteiger partial charge in [0.25, 0.3) is 0 Å². The molecule has 0 unspecified atom stereocenters. The molecule has 1 aromatic rings. The summed E-state index contributed by atoms with van der Waals surface area (Å²) in [5, 5.41) is 0. The lowest BCUT2D eigenvalue weighted by molar-refractivity contribution is -0.490. The number of aliphatic imine (C=N–C) groups is 1. The van der Waals surface area contributed by atoms with Crippen LogP contribution in [0.5, 0.6) is 0 Å². The van der Waals surface area contributed by atoms with Crippen molar-refractivity contribution in [2.75, 3.05) is 13.6 Å². The zero-order valence-electron chi connectivity index (χ0n) is 9.77. The Hall–Kier alpha value is -1.44. The Morgan fingerprint density at radius 3 is 2.53 bits per heavy atom. The van der Waals surface area contributed by atoms with Gasteiger partial charge in [0.2, 0.25) is 0 Å². The minimum absolute atomic E-state index is 1.00. The molecule has 1 aromatic carbocycles. The smallest absolute Gasteiger partial charge is 0.181 e. The van der Waals surface area contributed by atoms with Gasteiger partial charge in [0.05, 0.1) is 11.9 Å². The molecule has 15 heavy (non-hydrogen) atoms. The van der Waals surface area contributed by atoms with Gasteiger partial charge in [-0.3, -0.25) is 4.99 Å². The molecule has 0 radical (unpaired) electrons. The van der Waals surface area contributed by atoms with Crippen molar-refractivity contribution >= 4 is 18.1 Å². The normalized spacial score (nSPS) is 12.3. The molecule has 0 aliphatic rings. The van der Waals surface area contributed by atoms with Gasteiger partial charge in [-0.05, 0) is 19.1 Å². The van der Waals surface area contributed by atoms with Crippen molar-refractivity contribution in [3.05, 3.63) is 29.8 Å². The molecule has 0 saturated heterocycles. The molecule has 0 aliphatic heterocycles. The van der Waals surface area contributed by atoms with Gasteiger partial charge in [-0.2, -0.15) is 0 Å². The summed E-state index contributed by atoms with van der Waals surface area (Å²) in [5.74, 6) is 0. The molecule has 0 N–H and O–H groups in total. The predicted molar refractivity (Wildman–Crippen MR) is 66.7 cm³/mol. The molecular formula is C13H19N2+. The summed E-state index contributed by atoms with van der Waals surface area (Å²) >= 11 is 0. The fraction of sp³-hybridized carbons (Fsp3) is 0.385. The highest BCUT2D eigenvalue weighted by Crippen LogP contribution is 2.10. The fourth-order valence-electron chi connectivity index (χ4n) is 1.29. The third kappa shape index (κ3) is 4.54.